The highest BCUT2D eigenvalue weighted by Crippen LogP contribution is 2.25. The second kappa shape index (κ2) is 4.89. The van der Waals surface area contributed by atoms with Gasteiger partial charge in [-0.1, -0.05) is 35.9 Å². The van der Waals surface area contributed by atoms with Crippen LogP contribution in [0.3, 0.4) is 0 Å². The summed E-state index contributed by atoms with van der Waals surface area (Å²) in [4.78, 5) is 0. The number of rotatable bonds is 2. The SMILES string of the molecule is Cc1cc(C)c(Nc2ccccc2P)c(C)c1. The number of hydrogen-bond donors (Lipinski definition) is 1. The molecule has 2 rings (SSSR count). The maximum Gasteiger partial charge on any atom is 0.0457 e. The molecule has 0 aromatic heterocycles. The first-order valence-electron chi connectivity index (χ1n) is 5.77. The van der Waals surface area contributed by atoms with Crippen LogP contribution in [0, 0.1) is 20.8 Å². The summed E-state index contributed by atoms with van der Waals surface area (Å²) in [5.74, 6) is 0. The monoisotopic (exact) mass is 243 g/mol. The van der Waals surface area contributed by atoms with E-state index in [0.29, 0.717) is 0 Å². The maximum atomic E-state index is 3.52. The minimum Gasteiger partial charge on any atom is -0.355 e. The van der Waals surface area contributed by atoms with Gasteiger partial charge in [-0.15, -0.1) is 9.24 Å². The summed E-state index contributed by atoms with van der Waals surface area (Å²) in [5.41, 5.74) is 6.24. The van der Waals surface area contributed by atoms with E-state index in [9.17, 15) is 0 Å². The van der Waals surface area contributed by atoms with Gasteiger partial charge in [0.2, 0.25) is 0 Å². The topological polar surface area (TPSA) is 12.0 Å². The molecule has 0 amide bonds. The van der Waals surface area contributed by atoms with Gasteiger partial charge in [-0.05, 0) is 43.3 Å². The van der Waals surface area contributed by atoms with Gasteiger partial charge in [-0.2, -0.15) is 0 Å². The largest absolute Gasteiger partial charge is 0.355 e. The molecule has 0 saturated carbocycles. The Hall–Kier alpha value is -1.33. The lowest BCUT2D eigenvalue weighted by molar-refractivity contribution is 1.31. The summed E-state index contributed by atoms with van der Waals surface area (Å²) in [6, 6.07) is 12.7. The van der Waals surface area contributed by atoms with Crippen molar-refractivity contribution in [2.75, 3.05) is 5.32 Å². The number of anilines is 2. The van der Waals surface area contributed by atoms with Crippen LogP contribution in [0.2, 0.25) is 0 Å². The van der Waals surface area contributed by atoms with Gasteiger partial charge in [-0.3, -0.25) is 0 Å². The Kier molecular flexibility index (Phi) is 3.49. The van der Waals surface area contributed by atoms with Crippen LogP contribution in [0.1, 0.15) is 16.7 Å². The van der Waals surface area contributed by atoms with E-state index in [0.717, 1.165) is 5.69 Å². The third kappa shape index (κ3) is 2.68. The molecule has 1 unspecified atom stereocenters. The van der Waals surface area contributed by atoms with Crippen LogP contribution < -0.4 is 10.6 Å². The molecule has 0 fully saturated rings. The van der Waals surface area contributed by atoms with Crippen molar-refractivity contribution in [2.45, 2.75) is 20.8 Å². The smallest absolute Gasteiger partial charge is 0.0457 e. The highest BCUT2D eigenvalue weighted by Gasteiger charge is 2.05. The Morgan fingerprint density at radius 1 is 0.941 bits per heavy atom. The minimum absolute atomic E-state index is 1.15. The van der Waals surface area contributed by atoms with Crippen LogP contribution in [-0.4, -0.2) is 0 Å². The summed E-state index contributed by atoms with van der Waals surface area (Å²) >= 11 is 0. The van der Waals surface area contributed by atoms with Gasteiger partial charge in [0.25, 0.3) is 0 Å². The van der Waals surface area contributed by atoms with Gasteiger partial charge in [0, 0.05) is 11.4 Å². The molecule has 2 aromatic carbocycles. The van der Waals surface area contributed by atoms with Crippen molar-refractivity contribution in [1.82, 2.24) is 0 Å². The van der Waals surface area contributed by atoms with Gasteiger partial charge < -0.3 is 5.32 Å². The summed E-state index contributed by atoms with van der Waals surface area (Å²) in [5, 5.41) is 4.70. The first-order chi connectivity index (χ1) is 8.08. The standard InChI is InChI=1S/C15H18NP/c1-10-8-11(2)15(12(3)9-10)16-13-6-4-5-7-14(13)17/h4-9,16H,17H2,1-3H3. The molecule has 1 nitrogen and oxygen atoms in total. The van der Waals surface area contributed by atoms with Crippen LogP contribution >= 0.6 is 9.24 Å². The number of para-hydroxylation sites is 1. The lowest BCUT2D eigenvalue weighted by Gasteiger charge is -2.15. The quantitative estimate of drug-likeness (QED) is 0.790. The Labute approximate surface area is 105 Å². The molecule has 0 saturated heterocycles. The molecule has 0 aliphatic carbocycles. The highest BCUT2D eigenvalue weighted by molar-refractivity contribution is 7.28. The van der Waals surface area contributed by atoms with Crippen molar-refractivity contribution in [3.63, 3.8) is 0 Å². The molecular formula is C15H18NP. The third-order valence-corrected chi connectivity index (χ3v) is 3.40. The van der Waals surface area contributed by atoms with Crippen LogP contribution in [0.5, 0.6) is 0 Å². The summed E-state index contributed by atoms with van der Waals surface area (Å²) < 4.78 is 0. The first-order valence-corrected chi connectivity index (χ1v) is 6.35. The van der Waals surface area contributed by atoms with E-state index in [2.05, 4.69) is 65.7 Å². The second-order valence-corrected chi connectivity index (χ2v) is 5.11. The van der Waals surface area contributed by atoms with E-state index in [-0.39, 0.29) is 0 Å². The number of nitrogens with one attached hydrogen (secondary N) is 1. The minimum atomic E-state index is 1.15. The molecule has 0 spiro atoms. The van der Waals surface area contributed by atoms with E-state index >= 15 is 0 Å². The fourth-order valence-corrected chi connectivity index (χ4v) is 2.40. The highest BCUT2D eigenvalue weighted by atomic mass is 31.0. The molecule has 0 heterocycles. The van der Waals surface area contributed by atoms with Gasteiger partial charge in [0.1, 0.15) is 0 Å². The second-order valence-electron chi connectivity index (χ2n) is 4.49. The Morgan fingerprint density at radius 2 is 1.53 bits per heavy atom. The van der Waals surface area contributed by atoms with Gasteiger partial charge in [0.05, 0.1) is 0 Å². The molecule has 17 heavy (non-hydrogen) atoms. The van der Waals surface area contributed by atoms with Crippen LogP contribution in [0.25, 0.3) is 0 Å². The van der Waals surface area contributed by atoms with Crippen molar-refractivity contribution >= 4 is 25.9 Å². The normalized spacial score (nSPS) is 10.4. The van der Waals surface area contributed by atoms with Gasteiger partial charge in [-0.25, -0.2) is 0 Å². The third-order valence-electron chi connectivity index (χ3n) is 2.90. The molecule has 2 heteroatoms. The first kappa shape index (κ1) is 12.1. The van der Waals surface area contributed by atoms with Crippen molar-refractivity contribution in [3.05, 3.63) is 53.1 Å². The van der Waals surface area contributed by atoms with Crippen molar-refractivity contribution in [3.8, 4) is 0 Å². The van der Waals surface area contributed by atoms with Crippen LogP contribution in [0.15, 0.2) is 36.4 Å². The van der Waals surface area contributed by atoms with E-state index in [1.165, 1.54) is 27.7 Å². The predicted molar refractivity (Wildman–Crippen MR) is 79.7 cm³/mol. The van der Waals surface area contributed by atoms with Crippen molar-refractivity contribution in [2.24, 2.45) is 0 Å². The Morgan fingerprint density at radius 3 is 2.12 bits per heavy atom. The van der Waals surface area contributed by atoms with E-state index in [1.807, 2.05) is 6.07 Å². The fourth-order valence-electron chi connectivity index (χ4n) is 2.12. The summed E-state index contributed by atoms with van der Waals surface area (Å²) in [7, 11) is 2.76. The van der Waals surface area contributed by atoms with Crippen LogP contribution in [-0.2, 0) is 0 Å². The summed E-state index contributed by atoms with van der Waals surface area (Å²) in [6.45, 7) is 6.43. The molecule has 88 valence electrons. The van der Waals surface area contributed by atoms with Gasteiger partial charge in [0.15, 0.2) is 0 Å². The zero-order valence-corrected chi connectivity index (χ0v) is 11.7. The number of aryl methyl sites for hydroxylation is 3. The average Bonchev–Trinajstić information content (AvgIpc) is 2.25. The van der Waals surface area contributed by atoms with E-state index < -0.39 is 0 Å². The molecule has 2 aromatic rings. The van der Waals surface area contributed by atoms with E-state index in [4.69, 9.17) is 0 Å². The van der Waals surface area contributed by atoms with Gasteiger partial charge >= 0.3 is 0 Å². The summed E-state index contributed by atoms with van der Waals surface area (Å²) in [6.07, 6.45) is 0. The maximum absolute atomic E-state index is 3.52. The average molecular weight is 243 g/mol. The zero-order chi connectivity index (χ0) is 12.4. The molecular weight excluding hydrogens is 225 g/mol. The fraction of sp³-hybridized carbons (Fsp3) is 0.200. The lowest BCUT2D eigenvalue weighted by atomic mass is 10.0. The Balaban J connectivity index is 2.40. The van der Waals surface area contributed by atoms with E-state index in [1.54, 1.807) is 0 Å². The number of benzene rings is 2. The molecule has 0 bridgehead atoms. The van der Waals surface area contributed by atoms with Crippen molar-refractivity contribution in [1.29, 1.82) is 0 Å². The molecule has 1 N–H and O–H groups in total. The molecule has 0 aliphatic heterocycles. The molecule has 1 atom stereocenters. The number of hydrogen-bond acceptors (Lipinski definition) is 1. The van der Waals surface area contributed by atoms with Crippen LogP contribution in [0.4, 0.5) is 11.4 Å². The lowest BCUT2D eigenvalue weighted by Crippen LogP contribution is -2.04. The molecule has 0 aliphatic rings. The van der Waals surface area contributed by atoms with Crippen molar-refractivity contribution < 1.29 is 0 Å². The zero-order valence-electron chi connectivity index (χ0n) is 10.5. The molecule has 0 radical (unpaired) electrons. The Bertz CT molecular complexity index is 523. The predicted octanol–water partition coefficient (Wildman–Crippen LogP) is 3.86.